The molecule has 1 rings (SSSR count). The van der Waals surface area contributed by atoms with E-state index in [0.717, 1.165) is 5.01 Å². The van der Waals surface area contributed by atoms with Gasteiger partial charge in [-0.2, -0.15) is 0 Å². The van der Waals surface area contributed by atoms with Crippen LogP contribution < -0.4 is 5.32 Å². The van der Waals surface area contributed by atoms with E-state index < -0.39 is 13.0 Å². The lowest BCUT2D eigenvalue weighted by Crippen LogP contribution is -2.35. The Kier molecular flexibility index (Phi) is 5.42. The first kappa shape index (κ1) is 14.5. The Hall–Kier alpha value is -0.590. The Bertz CT molecular complexity index is 336. The molecule has 0 aromatic carbocycles. The molecule has 0 aliphatic rings. The van der Waals surface area contributed by atoms with Crippen molar-refractivity contribution in [2.45, 2.75) is 45.9 Å². The topological polar surface area (TPSA) is 34.2 Å². The summed E-state index contributed by atoms with van der Waals surface area (Å²) in [7, 11) is 0. The second-order valence-corrected chi connectivity index (χ2v) is 5.69. The van der Waals surface area contributed by atoms with Gasteiger partial charge in [-0.25, -0.2) is 13.8 Å². The van der Waals surface area contributed by atoms with Crippen LogP contribution in [0, 0.1) is 0 Å². The number of thiazole rings is 1. The third-order valence-electron chi connectivity index (χ3n) is 1.86. The van der Waals surface area contributed by atoms with Crippen LogP contribution >= 0.6 is 11.3 Å². The molecular formula is C11H18F2N2OS. The molecule has 0 spiro atoms. The van der Waals surface area contributed by atoms with Gasteiger partial charge in [0.25, 0.3) is 6.43 Å². The Morgan fingerprint density at radius 2 is 2.18 bits per heavy atom. The maximum absolute atomic E-state index is 11.8. The molecular weight excluding hydrogens is 246 g/mol. The second-order valence-electron chi connectivity index (χ2n) is 4.74. The van der Waals surface area contributed by atoms with Gasteiger partial charge in [0.05, 0.1) is 12.3 Å². The van der Waals surface area contributed by atoms with Gasteiger partial charge < -0.3 is 10.1 Å². The highest BCUT2D eigenvalue weighted by atomic mass is 32.1. The van der Waals surface area contributed by atoms with Crippen molar-refractivity contribution in [3.63, 3.8) is 0 Å². The zero-order valence-electron chi connectivity index (χ0n) is 10.3. The predicted octanol–water partition coefficient (Wildman–Crippen LogP) is 2.81. The number of aromatic nitrogens is 1. The Morgan fingerprint density at radius 1 is 1.47 bits per heavy atom. The summed E-state index contributed by atoms with van der Waals surface area (Å²) in [4.78, 5) is 4.30. The van der Waals surface area contributed by atoms with Crippen LogP contribution in [0.5, 0.6) is 0 Å². The Balaban J connectivity index is 2.32. The van der Waals surface area contributed by atoms with E-state index in [1.54, 1.807) is 0 Å². The van der Waals surface area contributed by atoms with Gasteiger partial charge in [-0.05, 0) is 20.8 Å². The summed E-state index contributed by atoms with van der Waals surface area (Å²) in [6.07, 6.45) is -2.42. The Labute approximate surface area is 104 Å². The van der Waals surface area contributed by atoms with E-state index in [4.69, 9.17) is 4.74 Å². The molecule has 1 N–H and O–H groups in total. The molecule has 0 saturated heterocycles. The first-order valence-corrected chi connectivity index (χ1v) is 6.29. The van der Waals surface area contributed by atoms with Gasteiger partial charge in [0.15, 0.2) is 0 Å². The zero-order valence-corrected chi connectivity index (χ0v) is 11.1. The molecule has 6 heteroatoms. The number of nitrogens with one attached hydrogen (secondary N) is 1. The van der Waals surface area contributed by atoms with Gasteiger partial charge in [0, 0.05) is 17.5 Å². The fourth-order valence-corrected chi connectivity index (χ4v) is 1.81. The third-order valence-corrected chi connectivity index (χ3v) is 2.76. The molecule has 0 atom stereocenters. The van der Waals surface area contributed by atoms with Crippen molar-refractivity contribution in [3.05, 3.63) is 16.1 Å². The monoisotopic (exact) mass is 264 g/mol. The first-order valence-electron chi connectivity index (χ1n) is 5.41. The van der Waals surface area contributed by atoms with E-state index in [1.165, 1.54) is 11.3 Å². The second kappa shape index (κ2) is 6.37. The van der Waals surface area contributed by atoms with Crippen LogP contribution in [0.15, 0.2) is 5.38 Å². The molecule has 1 aromatic rings. The molecule has 0 bridgehead atoms. The summed E-state index contributed by atoms with van der Waals surface area (Å²) >= 11 is 1.51. The minimum atomic E-state index is -2.42. The number of rotatable bonds is 6. The molecule has 0 saturated carbocycles. The molecule has 3 nitrogen and oxygen atoms in total. The van der Waals surface area contributed by atoms with Crippen LogP contribution in [0.25, 0.3) is 0 Å². The van der Waals surface area contributed by atoms with Crippen molar-refractivity contribution in [2.75, 3.05) is 6.61 Å². The molecule has 0 aliphatic carbocycles. The molecule has 1 aromatic heterocycles. The van der Waals surface area contributed by atoms with E-state index in [9.17, 15) is 8.78 Å². The van der Waals surface area contributed by atoms with Crippen molar-refractivity contribution in [1.82, 2.24) is 10.3 Å². The van der Waals surface area contributed by atoms with Crippen molar-refractivity contribution >= 4 is 11.3 Å². The maximum atomic E-state index is 11.8. The number of ether oxygens (including phenoxy) is 1. The molecule has 0 aliphatic heterocycles. The molecule has 0 amide bonds. The lowest BCUT2D eigenvalue weighted by Gasteiger charge is -2.19. The van der Waals surface area contributed by atoms with Crippen LogP contribution in [0.1, 0.15) is 31.5 Å². The molecule has 1 heterocycles. The summed E-state index contributed by atoms with van der Waals surface area (Å²) < 4.78 is 28.5. The van der Waals surface area contributed by atoms with Gasteiger partial charge >= 0.3 is 0 Å². The van der Waals surface area contributed by atoms with Crippen LogP contribution in [0.4, 0.5) is 8.78 Å². The fourth-order valence-electron chi connectivity index (χ4n) is 1.09. The number of hydrogen-bond acceptors (Lipinski definition) is 4. The van der Waals surface area contributed by atoms with Crippen molar-refractivity contribution in [1.29, 1.82) is 0 Å². The van der Waals surface area contributed by atoms with Crippen molar-refractivity contribution in [2.24, 2.45) is 0 Å². The van der Waals surface area contributed by atoms with E-state index in [0.29, 0.717) is 12.2 Å². The van der Waals surface area contributed by atoms with Gasteiger partial charge in [-0.3, -0.25) is 0 Å². The largest absolute Gasteiger partial charge is 0.369 e. The van der Waals surface area contributed by atoms with Crippen LogP contribution in [0.2, 0.25) is 0 Å². The lowest BCUT2D eigenvalue weighted by molar-refractivity contribution is 0.00894. The number of nitrogens with zero attached hydrogens (tertiary/aromatic N) is 1. The highest BCUT2D eigenvalue weighted by molar-refractivity contribution is 7.09. The summed E-state index contributed by atoms with van der Waals surface area (Å²) in [6.45, 7) is 6.53. The number of halogens is 2. The van der Waals surface area contributed by atoms with Crippen molar-refractivity contribution < 1.29 is 13.5 Å². The van der Waals surface area contributed by atoms with Gasteiger partial charge in [0.1, 0.15) is 11.6 Å². The van der Waals surface area contributed by atoms with E-state index >= 15 is 0 Å². The quantitative estimate of drug-likeness (QED) is 0.858. The average Bonchev–Trinajstić information content (AvgIpc) is 2.61. The van der Waals surface area contributed by atoms with Crippen molar-refractivity contribution in [3.8, 4) is 0 Å². The molecule has 98 valence electrons. The van der Waals surface area contributed by atoms with Gasteiger partial charge in [-0.1, -0.05) is 0 Å². The number of hydrogen-bond donors (Lipinski definition) is 1. The summed E-state index contributed by atoms with van der Waals surface area (Å²) in [5, 5.41) is 6.09. The lowest BCUT2D eigenvalue weighted by atomic mass is 10.1. The summed E-state index contributed by atoms with van der Waals surface area (Å²) in [6, 6.07) is 0. The first-order chi connectivity index (χ1) is 7.87. The molecule has 17 heavy (non-hydrogen) atoms. The smallest absolute Gasteiger partial charge is 0.261 e. The van der Waals surface area contributed by atoms with Gasteiger partial charge in [0.2, 0.25) is 0 Å². The van der Waals surface area contributed by atoms with Crippen LogP contribution in [-0.4, -0.2) is 23.6 Å². The molecule has 0 unspecified atom stereocenters. The maximum Gasteiger partial charge on any atom is 0.261 e. The molecule has 0 fully saturated rings. The van der Waals surface area contributed by atoms with E-state index in [-0.39, 0.29) is 12.1 Å². The van der Waals surface area contributed by atoms with E-state index in [2.05, 4.69) is 31.1 Å². The normalized spacial score (nSPS) is 12.4. The molecule has 0 radical (unpaired) electrons. The Morgan fingerprint density at radius 3 is 2.76 bits per heavy atom. The fraction of sp³-hybridized carbons (Fsp3) is 0.727. The average molecular weight is 264 g/mol. The SMILES string of the molecule is CC(C)(C)NCc1nc(COCC(F)F)cs1. The van der Waals surface area contributed by atoms with Crippen LogP contribution in [-0.2, 0) is 17.9 Å². The summed E-state index contributed by atoms with van der Waals surface area (Å²) in [5.41, 5.74) is 0.749. The predicted molar refractivity (Wildman–Crippen MR) is 64.4 cm³/mol. The highest BCUT2D eigenvalue weighted by Gasteiger charge is 2.10. The van der Waals surface area contributed by atoms with Gasteiger partial charge in [-0.15, -0.1) is 11.3 Å². The van der Waals surface area contributed by atoms with E-state index in [1.807, 2.05) is 5.38 Å². The standard InChI is InChI=1S/C11H18F2N2OS/c1-11(2,3)14-4-10-15-8(7-17-10)5-16-6-9(12)13/h7,9,14H,4-6H2,1-3H3. The highest BCUT2D eigenvalue weighted by Crippen LogP contribution is 2.12. The minimum Gasteiger partial charge on any atom is -0.369 e. The summed E-state index contributed by atoms with van der Waals surface area (Å²) in [5.74, 6) is 0. The number of alkyl halides is 2. The zero-order chi connectivity index (χ0) is 12.9. The third kappa shape index (κ3) is 6.65. The minimum absolute atomic E-state index is 0.0397. The van der Waals surface area contributed by atoms with Crippen LogP contribution in [0.3, 0.4) is 0 Å².